The second-order valence-electron chi connectivity index (χ2n) is 4.43. The third-order valence-electron chi connectivity index (χ3n) is 2.99. The minimum atomic E-state index is -0.441. The Kier molecular flexibility index (Phi) is 3.14. The monoisotopic (exact) mass is 246 g/mol. The van der Waals surface area contributed by atoms with Gasteiger partial charge < -0.3 is 4.90 Å². The molecule has 0 bridgehead atoms. The second kappa shape index (κ2) is 4.60. The van der Waals surface area contributed by atoms with Crippen LogP contribution in [-0.2, 0) is 9.59 Å². The molecular formula is C13H14N2O3. The van der Waals surface area contributed by atoms with Crippen LogP contribution in [0.4, 0.5) is 0 Å². The van der Waals surface area contributed by atoms with E-state index in [0.29, 0.717) is 5.56 Å². The first-order chi connectivity index (χ1) is 8.47. The number of benzene rings is 1. The van der Waals surface area contributed by atoms with E-state index in [0.717, 1.165) is 11.1 Å². The Morgan fingerprint density at radius 1 is 1.11 bits per heavy atom. The first-order valence-electron chi connectivity index (χ1n) is 5.66. The highest BCUT2D eigenvalue weighted by Crippen LogP contribution is 2.12. The molecule has 1 heterocycles. The van der Waals surface area contributed by atoms with Crippen molar-refractivity contribution in [2.45, 2.75) is 13.8 Å². The van der Waals surface area contributed by atoms with E-state index in [1.165, 1.54) is 4.90 Å². The summed E-state index contributed by atoms with van der Waals surface area (Å²) in [5.41, 5.74) is 2.60. The van der Waals surface area contributed by atoms with Gasteiger partial charge in [0.15, 0.2) is 0 Å². The lowest BCUT2D eigenvalue weighted by Crippen LogP contribution is -2.53. The van der Waals surface area contributed by atoms with Crippen LogP contribution in [0.1, 0.15) is 21.5 Å². The maximum absolute atomic E-state index is 12.1. The summed E-state index contributed by atoms with van der Waals surface area (Å²) in [6.07, 6.45) is 0. The fourth-order valence-electron chi connectivity index (χ4n) is 1.84. The molecule has 0 atom stereocenters. The zero-order valence-electron chi connectivity index (χ0n) is 10.3. The van der Waals surface area contributed by atoms with Crippen LogP contribution in [0.5, 0.6) is 0 Å². The van der Waals surface area contributed by atoms with Crippen molar-refractivity contribution in [3.63, 3.8) is 0 Å². The molecule has 1 saturated heterocycles. The Morgan fingerprint density at radius 2 is 1.72 bits per heavy atom. The van der Waals surface area contributed by atoms with Crippen LogP contribution >= 0.6 is 0 Å². The highest BCUT2D eigenvalue weighted by Gasteiger charge is 2.27. The van der Waals surface area contributed by atoms with Crippen LogP contribution in [0.25, 0.3) is 0 Å². The summed E-state index contributed by atoms with van der Waals surface area (Å²) < 4.78 is 0. The molecule has 94 valence electrons. The Bertz CT molecular complexity index is 521. The number of hydrogen-bond donors (Lipinski definition) is 1. The molecule has 1 aromatic rings. The maximum Gasteiger partial charge on any atom is 0.254 e. The molecule has 1 aliphatic rings. The van der Waals surface area contributed by atoms with Gasteiger partial charge in [-0.1, -0.05) is 6.07 Å². The summed E-state index contributed by atoms with van der Waals surface area (Å²) in [6, 6.07) is 5.34. The molecule has 0 aliphatic carbocycles. The molecule has 5 heteroatoms. The largest absolute Gasteiger partial charge is 0.320 e. The first-order valence-corrected chi connectivity index (χ1v) is 5.66. The molecule has 0 spiro atoms. The number of carbonyl (C=O) groups is 3. The van der Waals surface area contributed by atoms with Crippen molar-refractivity contribution in [2.24, 2.45) is 0 Å². The standard InChI is InChI=1S/C13H14N2O3/c1-8-3-4-10(5-9(8)2)13(18)15-6-11(16)14-12(17)7-15/h3-5H,6-7H2,1-2H3,(H,14,16,17). The van der Waals surface area contributed by atoms with Gasteiger partial charge in [0.2, 0.25) is 11.8 Å². The molecule has 0 unspecified atom stereocenters. The molecule has 2 rings (SSSR count). The Labute approximate surface area is 105 Å². The first kappa shape index (κ1) is 12.3. The maximum atomic E-state index is 12.1. The van der Waals surface area contributed by atoms with Gasteiger partial charge in [0.1, 0.15) is 13.1 Å². The number of nitrogens with one attached hydrogen (secondary N) is 1. The summed E-state index contributed by atoms with van der Waals surface area (Å²) in [5, 5.41) is 2.16. The summed E-state index contributed by atoms with van der Waals surface area (Å²) in [7, 11) is 0. The van der Waals surface area contributed by atoms with E-state index < -0.39 is 11.8 Å². The third-order valence-corrected chi connectivity index (χ3v) is 2.99. The molecular weight excluding hydrogens is 232 g/mol. The van der Waals surface area contributed by atoms with E-state index in [-0.39, 0.29) is 19.0 Å². The van der Waals surface area contributed by atoms with Crippen LogP contribution in [0, 0.1) is 13.8 Å². The quantitative estimate of drug-likeness (QED) is 0.729. The molecule has 0 aromatic heterocycles. The van der Waals surface area contributed by atoms with Gasteiger partial charge in [0.25, 0.3) is 5.91 Å². The lowest BCUT2D eigenvalue weighted by molar-refractivity contribution is -0.135. The minimum absolute atomic E-state index is 0.0719. The van der Waals surface area contributed by atoms with Crippen LogP contribution in [-0.4, -0.2) is 35.7 Å². The summed E-state index contributed by atoms with van der Waals surface area (Å²) in [5.74, 6) is -1.17. The third kappa shape index (κ3) is 2.40. The number of imide groups is 1. The lowest BCUT2D eigenvalue weighted by atomic mass is 10.1. The van der Waals surface area contributed by atoms with Crippen molar-refractivity contribution in [1.82, 2.24) is 10.2 Å². The van der Waals surface area contributed by atoms with E-state index in [9.17, 15) is 14.4 Å². The zero-order chi connectivity index (χ0) is 13.3. The van der Waals surface area contributed by atoms with Gasteiger partial charge in [-0.2, -0.15) is 0 Å². The molecule has 0 saturated carbocycles. The van der Waals surface area contributed by atoms with Gasteiger partial charge in [-0.3, -0.25) is 19.7 Å². The van der Waals surface area contributed by atoms with Gasteiger partial charge in [0.05, 0.1) is 0 Å². The second-order valence-corrected chi connectivity index (χ2v) is 4.43. The number of aryl methyl sites for hydroxylation is 2. The van der Waals surface area contributed by atoms with Crippen molar-refractivity contribution < 1.29 is 14.4 Å². The van der Waals surface area contributed by atoms with E-state index >= 15 is 0 Å². The van der Waals surface area contributed by atoms with E-state index in [1.54, 1.807) is 12.1 Å². The molecule has 18 heavy (non-hydrogen) atoms. The van der Waals surface area contributed by atoms with E-state index in [2.05, 4.69) is 5.32 Å². The van der Waals surface area contributed by atoms with Gasteiger partial charge in [0, 0.05) is 5.56 Å². The predicted molar refractivity (Wildman–Crippen MR) is 65.0 cm³/mol. The lowest BCUT2D eigenvalue weighted by Gasteiger charge is -2.25. The van der Waals surface area contributed by atoms with E-state index in [1.807, 2.05) is 19.9 Å². The topological polar surface area (TPSA) is 66.5 Å². The number of nitrogens with zero attached hydrogens (tertiary/aromatic N) is 1. The highest BCUT2D eigenvalue weighted by atomic mass is 16.2. The van der Waals surface area contributed by atoms with Crippen molar-refractivity contribution in [3.05, 3.63) is 34.9 Å². The van der Waals surface area contributed by atoms with Crippen LogP contribution in [0.3, 0.4) is 0 Å². The van der Waals surface area contributed by atoms with Crippen LogP contribution < -0.4 is 5.32 Å². The Hall–Kier alpha value is -2.17. The number of carbonyl (C=O) groups excluding carboxylic acids is 3. The van der Waals surface area contributed by atoms with Crippen LogP contribution in [0.15, 0.2) is 18.2 Å². The summed E-state index contributed by atoms with van der Waals surface area (Å²) >= 11 is 0. The fourth-order valence-corrected chi connectivity index (χ4v) is 1.84. The number of hydrogen-bond acceptors (Lipinski definition) is 3. The van der Waals surface area contributed by atoms with Gasteiger partial charge in [-0.25, -0.2) is 0 Å². The average molecular weight is 246 g/mol. The highest BCUT2D eigenvalue weighted by molar-refractivity contribution is 6.05. The number of amides is 3. The molecule has 3 amide bonds. The average Bonchev–Trinajstić information content (AvgIpc) is 2.30. The van der Waals surface area contributed by atoms with Crippen molar-refractivity contribution in [3.8, 4) is 0 Å². The SMILES string of the molecule is Cc1ccc(C(=O)N2CC(=O)NC(=O)C2)cc1C. The van der Waals surface area contributed by atoms with Crippen LogP contribution in [0.2, 0.25) is 0 Å². The molecule has 0 radical (unpaired) electrons. The Morgan fingerprint density at radius 3 is 2.28 bits per heavy atom. The summed E-state index contributed by atoms with van der Waals surface area (Å²) in [4.78, 5) is 35.8. The van der Waals surface area contributed by atoms with Gasteiger partial charge >= 0.3 is 0 Å². The molecule has 1 aromatic carbocycles. The van der Waals surface area contributed by atoms with Crippen molar-refractivity contribution in [2.75, 3.05) is 13.1 Å². The normalized spacial score (nSPS) is 15.6. The zero-order valence-corrected chi connectivity index (χ0v) is 10.3. The minimum Gasteiger partial charge on any atom is -0.320 e. The van der Waals surface area contributed by atoms with E-state index in [4.69, 9.17) is 0 Å². The fraction of sp³-hybridized carbons (Fsp3) is 0.308. The van der Waals surface area contributed by atoms with Gasteiger partial charge in [-0.15, -0.1) is 0 Å². The molecule has 5 nitrogen and oxygen atoms in total. The Balaban J connectivity index is 2.22. The smallest absolute Gasteiger partial charge is 0.254 e. The molecule has 1 fully saturated rings. The van der Waals surface area contributed by atoms with Gasteiger partial charge in [-0.05, 0) is 37.1 Å². The van der Waals surface area contributed by atoms with Crippen molar-refractivity contribution >= 4 is 17.7 Å². The number of rotatable bonds is 1. The molecule has 1 N–H and O–H groups in total. The predicted octanol–water partition coefficient (Wildman–Crippen LogP) is 0.402. The summed E-state index contributed by atoms with van der Waals surface area (Å²) in [6.45, 7) is 3.73. The molecule has 1 aliphatic heterocycles. The number of piperazine rings is 1. The van der Waals surface area contributed by atoms with Crippen molar-refractivity contribution in [1.29, 1.82) is 0 Å².